The number of hydrogen-bond donors (Lipinski definition) is 2. The first-order valence-corrected chi connectivity index (χ1v) is 8.30. The molecule has 2 fully saturated rings. The Kier molecular flexibility index (Phi) is 2.60. The maximum Gasteiger partial charge on any atom is 0.407 e. The molecule has 4 unspecified atom stereocenters. The molecule has 1 aromatic carbocycles. The summed E-state index contributed by atoms with van der Waals surface area (Å²) in [6, 6.07) is 8.80. The minimum atomic E-state index is -0.804. The predicted molar refractivity (Wildman–Crippen MR) is 87.0 cm³/mol. The normalized spacial score (nSPS) is 37.6. The van der Waals surface area contributed by atoms with Gasteiger partial charge in [-0.3, -0.25) is 9.89 Å². The van der Waals surface area contributed by atoms with Crippen LogP contribution in [0.1, 0.15) is 5.56 Å². The number of rotatable bonds is 0. The molecule has 2 N–H and O–H groups in total. The Morgan fingerprint density at radius 1 is 1.35 bits per heavy atom. The molecule has 1 spiro atoms. The van der Waals surface area contributed by atoms with Crippen molar-refractivity contribution in [1.29, 1.82) is 0 Å². The Morgan fingerprint density at radius 3 is 3.09 bits per heavy atom. The fraction of sp³-hybridized carbons (Fsp3) is 0.529. The van der Waals surface area contributed by atoms with E-state index in [4.69, 9.17) is 0 Å². The van der Waals surface area contributed by atoms with Gasteiger partial charge in [-0.05, 0) is 11.6 Å². The molecule has 5 rings (SSSR count). The zero-order valence-electron chi connectivity index (χ0n) is 12.9. The Labute approximate surface area is 134 Å². The van der Waals surface area contributed by atoms with E-state index in [2.05, 4.69) is 45.7 Å². The third-order valence-corrected chi connectivity index (χ3v) is 6.25. The summed E-state index contributed by atoms with van der Waals surface area (Å²) in [6.07, 6.45) is 1.28. The van der Waals surface area contributed by atoms with E-state index in [1.807, 2.05) is 0 Å². The van der Waals surface area contributed by atoms with Crippen LogP contribution in [0.25, 0.3) is 0 Å². The molecule has 4 atom stereocenters. The number of carboxylic acid groups (broad SMARTS) is 1. The largest absolute Gasteiger partial charge is 0.465 e. The number of carbonyl (C=O) groups is 1. The van der Waals surface area contributed by atoms with Crippen LogP contribution in [0.2, 0.25) is 0 Å². The van der Waals surface area contributed by atoms with E-state index in [1.54, 1.807) is 4.90 Å². The van der Waals surface area contributed by atoms with E-state index < -0.39 is 6.09 Å². The zero-order valence-corrected chi connectivity index (χ0v) is 12.9. The van der Waals surface area contributed by atoms with Crippen molar-refractivity contribution in [3.8, 4) is 0 Å². The third-order valence-electron chi connectivity index (χ3n) is 6.25. The molecule has 2 saturated heterocycles. The number of amides is 1. The van der Waals surface area contributed by atoms with Gasteiger partial charge in [-0.15, -0.1) is 0 Å². The lowest BCUT2D eigenvalue weighted by Crippen LogP contribution is -2.59. The summed E-state index contributed by atoms with van der Waals surface area (Å²) < 4.78 is 0. The summed E-state index contributed by atoms with van der Waals surface area (Å²) in [7, 11) is 0. The molecule has 120 valence electrons. The number of para-hydroxylation sites is 1. The Balaban J connectivity index is 1.60. The minimum Gasteiger partial charge on any atom is -0.465 e. The van der Waals surface area contributed by atoms with Gasteiger partial charge in [0.15, 0.2) is 0 Å². The highest BCUT2D eigenvalue weighted by Crippen LogP contribution is 2.55. The summed E-state index contributed by atoms with van der Waals surface area (Å²) in [5.41, 5.74) is 2.55. The molecule has 23 heavy (non-hydrogen) atoms. The van der Waals surface area contributed by atoms with Gasteiger partial charge in [-0.1, -0.05) is 18.2 Å². The summed E-state index contributed by atoms with van der Waals surface area (Å²) >= 11 is 0. The van der Waals surface area contributed by atoms with Crippen molar-refractivity contribution in [3.63, 3.8) is 0 Å². The lowest BCUT2D eigenvalue weighted by atomic mass is 9.77. The quantitative estimate of drug-likeness (QED) is 0.758. The van der Waals surface area contributed by atoms with Crippen LogP contribution in [0.4, 0.5) is 10.5 Å². The summed E-state index contributed by atoms with van der Waals surface area (Å²) in [5.74, 6) is 0.794. The standard InChI is InChI=1S/C17H20N4O2/c22-16(23)20-5-6-21-15(9-20)11-7-18-8-13(11)17(21)10-19-14-4-2-1-3-12(14)17/h1-4,7,11,13,15,19H,5-6,8-10H2,(H,22,23). The number of aliphatic imine (C=N–C) groups is 1. The SMILES string of the molecule is O=C(O)N1CCN2C(C1)C1C=NCC1C21CNc2ccccc21. The summed E-state index contributed by atoms with van der Waals surface area (Å²) in [6.45, 7) is 3.73. The summed E-state index contributed by atoms with van der Waals surface area (Å²) in [4.78, 5) is 20.1. The molecule has 6 nitrogen and oxygen atoms in total. The first kappa shape index (κ1) is 13.4. The number of nitrogens with one attached hydrogen (secondary N) is 1. The maximum absolute atomic E-state index is 11.4. The van der Waals surface area contributed by atoms with E-state index in [-0.39, 0.29) is 11.6 Å². The van der Waals surface area contributed by atoms with Crippen molar-refractivity contribution >= 4 is 18.0 Å². The highest BCUT2D eigenvalue weighted by atomic mass is 16.4. The monoisotopic (exact) mass is 312 g/mol. The van der Waals surface area contributed by atoms with Crippen LogP contribution < -0.4 is 5.32 Å². The Hall–Kier alpha value is -2.08. The Bertz CT molecular complexity index is 706. The number of hydrogen-bond acceptors (Lipinski definition) is 4. The van der Waals surface area contributed by atoms with Crippen molar-refractivity contribution in [3.05, 3.63) is 29.8 Å². The van der Waals surface area contributed by atoms with E-state index in [0.717, 1.165) is 19.6 Å². The second-order valence-electron chi connectivity index (χ2n) is 7.01. The molecule has 0 aromatic heterocycles. The number of fused-ring (bicyclic) bond motifs is 7. The molecular weight excluding hydrogens is 292 g/mol. The van der Waals surface area contributed by atoms with Crippen LogP contribution in [0.15, 0.2) is 29.3 Å². The molecule has 0 radical (unpaired) electrons. The van der Waals surface area contributed by atoms with Crippen molar-refractivity contribution in [2.75, 3.05) is 38.0 Å². The van der Waals surface area contributed by atoms with Crippen molar-refractivity contribution in [2.45, 2.75) is 11.6 Å². The van der Waals surface area contributed by atoms with Gasteiger partial charge in [0.1, 0.15) is 0 Å². The minimum absolute atomic E-state index is 0.0347. The fourth-order valence-corrected chi connectivity index (χ4v) is 5.31. The van der Waals surface area contributed by atoms with Crippen LogP contribution in [0.5, 0.6) is 0 Å². The molecule has 4 heterocycles. The van der Waals surface area contributed by atoms with Gasteiger partial charge in [0.25, 0.3) is 0 Å². The average Bonchev–Trinajstić information content (AvgIpc) is 3.24. The molecule has 4 aliphatic rings. The van der Waals surface area contributed by atoms with Gasteiger partial charge in [0.2, 0.25) is 0 Å². The highest BCUT2D eigenvalue weighted by Gasteiger charge is 2.63. The van der Waals surface area contributed by atoms with Crippen LogP contribution in [-0.2, 0) is 5.54 Å². The molecule has 0 saturated carbocycles. The molecule has 1 aromatic rings. The molecular formula is C17H20N4O2. The number of benzene rings is 1. The Morgan fingerprint density at radius 2 is 2.22 bits per heavy atom. The highest BCUT2D eigenvalue weighted by molar-refractivity contribution is 5.71. The van der Waals surface area contributed by atoms with Gasteiger partial charge in [0.05, 0.1) is 5.54 Å². The van der Waals surface area contributed by atoms with Crippen molar-refractivity contribution in [1.82, 2.24) is 9.80 Å². The van der Waals surface area contributed by atoms with E-state index in [0.29, 0.717) is 24.9 Å². The lowest BCUT2D eigenvalue weighted by molar-refractivity contribution is 0.0275. The first-order valence-electron chi connectivity index (χ1n) is 8.30. The molecule has 6 heteroatoms. The van der Waals surface area contributed by atoms with Gasteiger partial charge in [-0.25, -0.2) is 4.79 Å². The number of piperazine rings is 1. The number of nitrogens with zero attached hydrogens (tertiary/aromatic N) is 3. The predicted octanol–water partition coefficient (Wildman–Crippen LogP) is 1.30. The fourth-order valence-electron chi connectivity index (χ4n) is 5.31. The van der Waals surface area contributed by atoms with Crippen LogP contribution in [0, 0.1) is 11.8 Å². The van der Waals surface area contributed by atoms with E-state index >= 15 is 0 Å². The van der Waals surface area contributed by atoms with Gasteiger partial charge in [0, 0.05) is 62.5 Å². The average molecular weight is 312 g/mol. The van der Waals surface area contributed by atoms with Crippen LogP contribution in [0.3, 0.4) is 0 Å². The summed E-state index contributed by atoms with van der Waals surface area (Å²) in [5, 5.41) is 13.0. The van der Waals surface area contributed by atoms with Gasteiger partial charge < -0.3 is 15.3 Å². The van der Waals surface area contributed by atoms with E-state index in [9.17, 15) is 9.90 Å². The van der Waals surface area contributed by atoms with Gasteiger partial charge >= 0.3 is 6.09 Å². The van der Waals surface area contributed by atoms with Gasteiger partial charge in [-0.2, -0.15) is 0 Å². The second kappa shape index (κ2) is 4.47. The first-order chi connectivity index (χ1) is 11.2. The molecule has 1 amide bonds. The zero-order chi connectivity index (χ0) is 15.6. The second-order valence-corrected chi connectivity index (χ2v) is 7.01. The molecule has 4 aliphatic heterocycles. The van der Waals surface area contributed by atoms with Crippen molar-refractivity contribution < 1.29 is 9.90 Å². The van der Waals surface area contributed by atoms with E-state index in [1.165, 1.54) is 11.3 Å². The smallest absolute Gasteiger partial charge is 0.407 e. The molecule has 0 bridgehead atoms. The van der Waals surface area contributed by atoms with Crippen molar-refractivity contribution in [2.24, 2.45) is 16.8 Å². The topological polar surface area (TPSA) is 68.2 Å². The molecule has 0 aliphatic carbocycles. The van der Waals surface area contributed by atoms with Crippen LogP contribution >= 0.6 is 0 Å². The number of anilines is 1. The maximum atomic E-state index is 11.4. The van der Waals surface area contributed by atoms with Crippen LogP contribution in [-0.4, -0.2) is 66.0 Å². The third kappa shape index (κ3) is 1.57. The lowest BCUT2D eigenvalue weighted by Gasteiger charge is -2.45.